The molecule has 2 N–H and O–H groups in total. The van der Waals surface area contributed by atoms with Crippen molar-refractivity contribution in [1.29, 1.82) is 0 Å². The lowest BCUT2D eigenvalue weighted by Gasteiger charge is -2.14. The van der Waals surface area contributed by atoms with Gasteiger partial charge in [-0.3, -0.25) is 9.78 Å². The first-order valence-electron chi connectivity index (χ1n) is 9.17. The summed E-state index contributed by atoms with van der Waals surface area (Å²) in [6, 6.07) is 6.89. The number of hydrogen-bond donors (Lipinski definition) is 2. The zero-order chi connectivity index (χ0) is 19.1. The largest absolute Gasteiger partial charge is 0.495 e. The number of nitrogens with zero attached hydrogens (tertiary/aromatic N) is 1. The van der Waals surface area contributed by atoms with E-state index in [0.717, 1.165) is 18.7 Å². The number of methoxy groups -OCH3 is 1. The molecule has 0 saturated heterocycles. The number of halogens is 1. The van der Waals surface area contributed by atoms with Gasteiger partial charge in [0.05, 0.1) is 24.0 Å². The maximum atomic E-state index is 12.6. The van der Waals surface area contributed by atoms with Crippen molar-refractivity contribution in [3.05, 3.63) is 58.9 Å². The number of allylic oxidation sites excluding steroid dienone is 1. The molecule has 6 heteroatoms. The van der Waals surface area contributed by atoms with E-state index in [9.17, 15) is 4.79 Å². The van der Waals surface area contributed by atoms with Crippen LogP contribution in [-0.2, 0) is 0 Å². The summed E-state index contributed by atoms with van der Waals surface area (Å²) in [6.07, 6.45) is 11.6. The molecular weight excluding hydrogens is 362 g/mol. The van der Waals surface area contributed by atoms with Crippen LogP contribution in [0.2, 0.25) is 5.02 Å². The molecule has 0 unspecified atom stereocenters. The van der Waals surface area contributed by atoms with Gasteiger partial charge in [-0.15, -0.1) is 0 Å². The Morgan fingerprint density at radius 2 is 2.15 bits per heavy atom. The first-order chi connectivity index (χ1) is 13.2. The monoisotopic (exact) mass is 385 g/mol. The number of benzene rings is 1. The summed E-state index contributed by atoms with van der Waals surface area (Å²) in [5.74, 6) is 0.289. The zero-order valence-corrected chi connectivity index (χ0v) is 16.2. The van der Waals surface area contributed by atoms with E-state index >= 15 is 0 Å². The van der Waals surface area contributed by atoms with Gasteiger partial charge in [-0.25, -0.2) is 0 Å². The number of amides is 1. The molecule has 27 heavy (non-hydrogen) atoms. The van der Waals surface area contributed by atoms with Gasteiger partial charge >= 0.3 is 0 Å². The zero-order valence-electron chi connectivity index (χ0n) is 15.4. The lowest BCUT2D eigenvalue weighted by atomic mass is 9.97. The van der Waals surface area contributed by atoms with Crippen LogP contribution in [0.5, 0.6) is 5.75 Å². The molecule has 0 atom stereocenters. The first kappa shape index (κ1) is 19.2. The van der Waals surface area contributed by atoms with Crippen molar-refractivity contribution in [1.82, 2.24) is 4.98 Å². The van der Waals surface area contributed by atoms with E-state index in [-0.39, 0.29) is 5.91 Å². The number of hydrogen-bond acceptors (Lipinski definition) is 4. The highest BCUT2D eigenvalue weighted by Crippen LogP contribution is 2.28. The van der Waals surface area contributed by atoms with Crippen molar-refractivity contribution in [3.8, 4) is 5.75 Å². The van der Waals surface area contributed by atoms with Gasteiger partial charge < -0.3 is 15.4 Å². The highest BCUT2D eigenvalue weighted by molar-refractivity contribution is 6.31. The fourth-order valence-electron chi connectivity index (χ4n) is 3.13. The molecule has 0 fully saturated rings. The Balaban J connectivity index is 1.61. The molecule has 1 heterocycles. The molecular formula is C21H24ClN3O2. The Hall–Kier alpha value is -2.53. The van der Waals surface area contributed by atoms with Gasteiger partial charge in [0.2, 0.25) is 0 Å². The molecule has 0 spiro atoms. The van der Waals surface area contributed by atoms with E-state index in [0.29, 0.717) is 22.0 Å². The molecule has 1 aromatic carbocycles. The van der Waals surface area contributed by atoms with Crippen LogP contribution in [0.1, 0.15) is 42.5 Å². The quantitative estimate of drug-likeness (QED) is 0.635. The third kappa shape index (κ3) is 5.47. The molecule has 142 valence electrons. The molecule has 0 aliphatic heterocycles. The van der Waals surface area contributed by atoms with Gasteiger partial charge in [-0.1, -0.05) is 23.3 Å². The SMILES string of the molecule is COc1ccc(Cl)cc1NC(=O)c1cncc(NCCC2=CCCCC2)c1. The molecule has 0 saturated carbocycles. The van der Waals surface area contributed by atoms with Crippen LogP contribution in [0, 0.1) is 0 Å². The lowest BCUT2D eigenvalue weighted by molar-refractivity contribution is 0.102. The minimum Gasteiger partial charge on any atom is -0.495 e. The third-order valence-electron chi connectivity index (χ3n) is 4.57. The Bertz CT molecular complexity index is 836. The van der Waals surface area contributed by atoms with Crippen LogP contribution < -0.4 is 15.4 Å². The maximum absolute atomic E-state index is 12.6. The van der Waals surface area contributed by atoms with Gasteiger partial charge in [0.25, 0.3) is 5.91 Å². The Kier molecular flexibility index (Phi) is 6.71. The number of nitrogens with one attached hydrogen (secondary N) is 2. The van der Waals surface area contributed by atoms with E-state index in [1.54, 1.807) is 43.8 Å². The van der Waals surface area contributed by atoms with E-state index in [1.165, 1.54) is 31.3 Å². The number of anilines is 2. The Morgan fingerprint density at radius 1 is 1.26 bits per heavy atom. The Labute approximate surface area is 164 Å². The van der Waals surface area contributed by atoms with Gasteiger partial charge in [0, 0.05) is 24.0 Å². The van der Waals surface area contributed by atoms with Crippen LogP contribution in [0.25, 0.3) is 0 Å². The highest BCUT2D eigenvalue weighted by atomic mass is 35.5. The normalized spacial score (nSPS) is 13.6. The van der Waals surface area contributed by atoms with Crippen molar-refractivity contribution in [2.75, 3.05) is 24.3 Å². The van der Waals surface area contributed by atoms with Gasteiger partial charge in [-0.2, -0.15) is 0 Å². The van der Waals surface area contributed by atoms with Crippen molar-refractivity contribution >= 4 is 28.9 Å². The fourth-order valence-corrected chi connectivity index (χ4v) is 3.30. The predicted molar refractivity (Wildman–Crippen MR) is 110 cm³/mol. The van der Waals surface area contributed by atoms with Crippen LogP contribution in [0.4, 0.5) is 11.4 Å². The van der Waals surface area contributed by atoms with Crippen molar-refractivity contribution in [3.63, 3.8) is 0 Å². The number of aromatic nitrogens is 1. The Morgan fingerprint density at radius 3 is 2.93 bits per heavy atom. The van der Waals surface area contributed by atoms with Gasteiger partial charge in [0.1, 0.15) is 5.75 Å². The number of pyridine rings is 1. The van der Waals surface area contributed by atoms with E-state index < -0.39 is 0 Å². The second-order valence-corrected chi connectivity index (χ2v) is 6.98. The van der Waals surface area contributed by atoms with Crippen LogP contribution in [-0.4, -0.2) is 24.5 Å². The van der Waals surface area contributed by atoms with E-state index in [4.69, 9.17) is 16.3 Å². The molecule has 3 rings (SSSR count). The third-order valence-corrected chi connectivity index (χ3v) is 4.81. The second kappa shape index (κ2) is 9.42. The summed E-state index contributed by atoms with van der Waals surface area (Å²) in [6.45, 7) is 0.834. The van der Waals surface area contributed by atoms with Crippen LogP contribution in [0.15, 0.2) is 48.3 Å². The summed E-state index contributed by atoms with van der Waals surface area (Å²) >= 11 is 6.02. The topological polar surface area (TPSA) is 63.2 Å². The number of rotatable bonds is 7. The molecule has 1 aromatic heterocycles. The molecule has 1 amide bonds. The fraction of sp³-hybridized carbons (Fsp3) is 0.333. The minimum absolute atomic E-state index is 0.262. The molecule has 0 bridgehead atoms. The van der Waals surface area contributed by atoms with Crippen LogP contribution >= 0.6 is 11.6 Å². The van der Waals surface area contributed by atoms with Gasteiger partial charge in [0.15, 0.2) is 0 Å². The van der Waals surface area contributed by atoms with E-state index in [2.05, 4.69) is 21.7 Å². The molecule has 1 aliphatic carbocycles. The molecule has 1 aliphatic rings. The molecule has 0 radical (unpaired) electrons. The van der Waals surface area contributed by atoms with Crippen LogP contribution in [0.3, 0.4) is 0 Å². The molecule has 2 aromatic rings. The highest BCUT2D eigenvalue weighted by Gasteiger charge is 2.12. The summed E-state index contributed by atoms with van der Waals surface area (Å²) in [7, 11) is 1.55. The van der Waals surface area contributed by atoms with Gasteiger partial charge in [-0.05, 0) is 56.4 Å². The summed E-state index contributed by atoms with van der Waals surface area (Å²) in [5.41, 5.74) is 3.34. The lowest BCUT2D eigenvalue weighted by Crippen LogP contribution is -2.14. The summed E-state index contributed by atoms with van der Waals surface area (Å²) in [4.78, 5) is 16.8. The maximum Gasteiger partial charge on any atom is 0.257 e. The first-order valence-corrected chi connectivity index (χ1v) is 9.55. The van der Waals surface area contributed by atoms with Crippen molar-refractivity contribution in [2.45, 2.75) is 32.1 Å². The van der Waals surface area contributed by atoms with E-state index in [1.807, 2.05) is 0 Å². The smallest absolute Gasteiger partial charge is 0.257 e. The molecule has 5 nitrogen and oxygen atoms in total. The number of carbonyl (C=O) groups excluding carboxylic acids is 1. The second-order valence-electron chi connectivity index (χ2n) is 6.55. The standard InChI is InChI=1S/C21H24ClN3O2/c1-27-20-8-7-17(22)12-19(20)25-21(26)16-11-18(14-23-13-16)24-10-9-15-5-3-2-4-6-15/h5,7-8,11-14,24H,2-4,6,9-10H2,1H3,(H,25,26). The van der Waals surface area contributed by atoms with Crippen molar-refractivity contribution in [2.24, 2.45) is 0 Å². The predicted octanol–water partition coefficient (Wildman–Crippen LogP) is 5.30. The summed E-state index contributed by atoms with van der Waals surface area (Å²) < 4.78 is 5.26. The number of ether oxygens (including phenoxy) is 1. The minimum atomic E-state index is -0.262. The average Bonchev–Trinajstić information content (AvgIpc) is 2.69. The van der Waals surface area contributed by atoms with Crippen molar-refractivity contribution < 1.29 is 9.53 Å². The average molecular weight is 386 g/mol. The summed E-state index contributed by atoms with van der Waals surface area (Å²) in [5, 5.41) is 6.71. The number of carbonyl (C=O) groups is 1.